The highest BCUT2D eigenvalue weighted by Crippen LogP contribution is 2.19. The second-order valence-corrected chi connectivity index (χ2v) is 3.62. The van der Waals surface area contributed by atoms with Gasteiger partial charge in [0, 0.05) is 5.56 Å². The lowest BCUT2D eigenvalue weighted by Crippen LogP contribution is -1.90. The zero-order valence-corrected chi connectivity index (χ0v) is 10.1. The largest absolute Gasteiger partial charge is 0.482 e. The second kappa shape index (κ2) is 7.43. The van der Waals surface area contributed by atoms with Crippen LogP contribution in [0.15, 0.2) is 54.6 Å². The Morgan fingerprint density at radius 3 is 1.78 bits per heavy atom. The van der Waals surface area contributed by atoms with Gasteiger partial charge < -0.3 is 10.0 Å². The van der Waals surface area contributed by atoms with E-state index in [1.807, 2.05) is 42.5 Å². The Labute approximate surface area is 107 Å². The second-order valence-electron chi connectivity index (χ2n) is 3.62. The predicted octanol–water partition coefficient (Wildman–Crippen LogP) is 2.06. The number of carbonyl (C=O) groups excluding carboxylic acids is 1. The minimum absolute atomic E-state index is 0. The standard InChI is InChI=1S/C14H12O.BH2O2/c1-11(15)12-7-9-14(10-8-12)13-5-3-2-4-6-13;2-1-3/h2-10H,1H3;2-3H. The van der Waals surface area contributed by atoms with E-state index in [0.29, 0.717) is 0 Å². The number of Topliss-reactive ketones (excluding diaryl/α,β-unsaturated/α-hetero) is 1. The Morgan fingerprint density at radius 1 is 0.889 bits per heavy atom. The van der Waals surface area contributed by atoms with Gasteiger partial charge in [-0.3, -0.25) is 4.79 Å². The number of hydrogen-bond donors (Lipinski definition) is 2. The van der Waals surface area contributed by atoms with Gasteiger partial charge in [0.25, 0.3) is 0 Å². The van der Waals surface area contributed by atoms with Crippen LogP contribution in [0.2, 0.25) is 0 Å². The molecule has 18 heavy (non-hydrogen) atoms. The molecule has 0 aliphatic rings. The molecule has 0 fully saturated rings. The van der Waals surface area contributed by atoms with Crippen LogP contribution in [0.1, 0.15) is 17.3 Å². The molecule has 0 aromatic heterocycles. The summed E-state index contributed by atoms with van der Waals surface area (Å²) in [6.07, 6.45) is 0. The molecule has 2 rings (SSSR count). The van der Waals surface area contributed by atoms with Crippen LogP contribution in [0.3, 0.4) is 0 Å². The van der Waals surface area contributed by atoms with Crippen molar-refractivity contribution in [1.82, 2.24) is 0 Å². The monoisotopic (exact) mass is 241 g/mol. The zero-order valence-electron chi connectivity index (χ0n) is 10.1. The molecule has 0 saturated heterocycles. The Balaban J connectivity index is 0.000000492. The minimum Gasteiger partial charge on any atom is -0.429 e. The van der Waals surface area contributed by atoms with Crippen LogP contribution in [-0.2, 0) is 0 Å². The number of benzene rings is 2. The highest BCUT2D eigenvalue weighted by molar-refractivity contribution is 6.13. The van der Waals surface area contributed by atoms with E-state index in [-0.39, 0.29) is 13.5 Å². The maximum Gasteiger partial charge on any atom is 0.482 e. The lowest BCUT2D eigenvalue weighted by molar-refractivity contribution is 0.101. The van der Waals surface area contributed by atoms with Crippen molar-refractivity contribution in [3.63, 3.8) is 0 Å². The van der Waals surface area contributed by atoms with E-state index in [4.69, 9.17) is 10.0 Å². The van der Waals surface area contributed by atoms with Crippen LogP contribution in [0, 0.1) is 0 Å². The van der Waals surface area contributed by atoms with E-state index < -0.39 is 0 Å². The number of hydrogen-bond acceptors (Lipinski definition) is 3. The topological polar surface area (TPSA) is 57.5 Å². The smallest absolute Gasteiger partial charge is 0.429 e. The molecule has 3 nitrogen and oxygen atoms in total. The molecule has 2 aromatic rings. The van der Waals surface area contributed by atoms with Crippen molar-refractivity contribution in [3.8, 4) is 11.1 Å². The van der Waals surface area contributed by atoms with E-state index in [0.717, 1.165) is 11.1 Å². The van der Waals surface area contributed by atoms with Crippen LogP contribution >= 0.6 is 0 Å². The van der Waals surface area contributed by atoms with Gasteiger partial charge in [0.2, 0.25) is 0 Å². The first kappa shape index (κ1) is 14.2. The summed E-state index contributed by atoms with van der Waals surface area (Å²) in [5.74, 6) is 0.106. The molecule has 0 unspecified atom stereocenters. The van der Waals surface area contributed by atoms with Crippen molar-refractivity contribution < 1.29 is 14.8 Å². The summed E-state index contributed by atoms with van der Waals surface area (Å²) in [5.41, 5.74) is 3.07. The van der Waals surface area contributed by atoms with Gasteiger partial charge in [-0.25, -0.2) is 0 Å². The third-order valence-corrected chi connectivity index (χ3v) is 2.40. The molecule has 0 heterocycles. The number of ketones is 1. The fraction of sp³-hybridized carbons (Fsp3) is 0.0714. The summed E-state index contributed by atoms with van der Waals surface area (Å²) in [6, 6.07) is 17.8. The van der Waals surface area contributed by atoms with E-state index in [1.54, 1.807) is 6.92 Å². The van der Waals surface area contributed by atoms with Gasteiger partial charge in [-0.1, -0.05) is 54.6 Å². The first-order chi connectivity index (χ1) is 8.69. The molecule has 4 heteroatoms. The van der Waals surface area contributed by atoms with E-state index >= 15 is 0 Å². The average Bonchev–Trinajstić information content (AvgIpc) is 2.41. The summed E-state index contributed by atoms with van der Waals surface area (Å²) < 4.78 is 0. The molecular weight excluding hydrogens is 227 g/mol. The molecule has 0 bridgehead atoms. The van der Waals surface area contributed by atoms with Gasteiger partial charge >= 0.3 is 7.69 Å². The predicted molar refractivity (Wildman–Crippen MR) is 72.1 cm³/mol. The van der Waals surface area contributed by atoms with Crippen molar-refractivity contribution >= 4 is 13.5 Å². The lowest BCUT2D eigenvalue weighted by Gasteiger charge is -2.01. The van der Waals surface area contributed by atoms with Crippen molar-refractivity contribution in [2.75, 3.05) is 0 Å². The molecule has 0 aliphatic heterocycles. The van der Waals surface area contributed by atoms with Crippen LogP contribution in [0.25, 0.3) is 11.1 Å². The molecule has 0 aliphatic carbocycles. The molecule has 91 valence electrons. The number of carbonyl (C=O) groups is 1. The first-order valence-corrected chi connectivity index (χ1v) is 5.45. The van der Waals surface area contributed by atoms with Crippen molar-refractivity contribution in [3.05, 3.63) is 60.2 Å². The molecule has 0 saturated carbocycles. The van der Waals surface area contributed by atoms with Gasteiger partial charge in [0.05, 0.1) is 0 Å². The summed E-state index contributed by atoms with van der Waals surface area (Å²) in [7, 11) is 0. The van der Waals surface area contributed by atoms with E-state index in [1.165, 1.54) is 5.56 Å². The summed E-state index contributed by atoms with van der Waals surface area (Å²) in [4.78, 5) is 11.1. The number of rotatable bonds is 2. The molecule has 2 N–H and O–H groups in total. The zero-order chi connectivity index (χ0) is 13.4. The fourth-order valence-corrected chi connectivity index (χ4v) is 1.53. The molecule has 0 spiro atoms. The maximum atomic E-state index is 11.1. The van der Waals surface area contributed by atoms with Gasteiger partial charge in [-0.15, -0.1) is 0 Å². The van der Waals surface area contributed by atoms with Crippen LogP contribution < -0.4 is 0 Å². The third-order valence-electron chi connectivity index (χ3n) is 2.40. The third kappa shape index (κ3) is 4.16. The van der Waals surface area contributed by atoms with Crippen LogP contribution in [0.5, 0.6) is 0 Å². The molecule has 0 amide bonds. The Bertz CT molecular complexity index is 480. The van der Waals surface area contributed by atoms with E-state index in [2.05, 4.69) is 12.1 Å². The van der Waals surface area contributed by atoms with Crippen molar-refractivity contribution in [1.29, 1.82) is 0 Å². The van der Waals surface area contributed by atoms with Gasteiger partial charge in [-0.05, 0) is 18.1 Å². The molecule has 1 radical (unpaired) electrons. The Morgan fingerprint density at radius 2 is 1.33 bits per heavy atom. The molecule has 0 atom stereocenters. The fourth-order valence-electron chi connectivity index (χ4n) is 1.53. The van der Waals surface area contributed by atoms with Gasteiger partial charge in [-0.2, -0.15) is 0 Å². The lowest BCUT2D eigenvalue weighted by atomic mass is 10.0. The minimum atomic E-state index is 0. The van der Waals surface area contributed by atoms with E-state index in [9.17, 15) is 4.79 Å². The van der Waals surface area contributed by atoms with Gasteiger partial charge in [0.15, 0.2) is 5.78 Å². The average molecular weight is 241 g/mol. The Hall–Kier alpha value is -1.91. The van der Waals surface area contributed by atoms with Crippen molar-refractivity contribution in [2.45, 2.75) is 6.92 Å². The maximum absolute atomic E-state index is 11.1. The van der Waals surface area contributed by atoms with Crippen molar-refractivity contribution in [2.24, 2.45) is 0 Å². The molecule has 2 aromatic carbocycles. The van der Waals surface area contributed by atoms with Crippen LogP contribution in [-0.4, -0.2) is 23.5 Å². The summed E-state index contributed by atoms with van der Waals surface area (Å²) in [6.45, 7) is 1.58. The quantitative estimate of drug-likeness (QED) is 0.625. The normalized spacial score (nSPS) is 9.06. The van der Waals surface area contributed by atoms with Crippen LogP contribution in [0.4, 0.5) is 0 Å². The Kier molecular flexibility index (Phi) is 5.84. The SMILES string of the molecule is CC(=O)c1ccc(-c2ccccc2)cc1.O[B]O. The summed E-state index contributed by atoms with van der Waals surface area (Å²) >= 11 is 0. The first-order valence-electron chi connectivity index (χ1n) is 5.45. The molecular formula is C14H14BO3. The highest BCUT2D eigenvalue weighted by atomic mass is 16.4. The highest BCUT2D eigenvalue weighted by Gasteiger charge is 1.99. The summed E-state index contributed by atoms with van der Waals surface area (Å²) in [5, 5.41) is 14.0. The van der Waals surface area contributed by atoms with Gasteiger partial charge in [0.1, 0.15) is 0 Å².